The van der Waals surface area contributed by atoms with Crippen molar-refractivity contribution < 1.29 is 18.7 Å². The van der Waals surface area contributed by atoms with Gasteiger partial charge >= 0.3 is 5.97 Å². The van der Waals surface area contributed by atoms with Crippen LogP contribution in [0.1, 0.15) is 43.4 Å². The van der Waals surface area contributed by atoms with Crippen molar-refractivity contribution in [2.75, 3.05) is 6.61 Å². The van der Waals surface area contributed by atoms with Gasteiger partial charge in [0.15, 0.2) is 6.61 Å². The number of fused-ring (bicyclic) bond motifs is 1. The number of carbonyl (C=O) groups is 2. The second kappa shape index (κ2) is 7.99. The first-order valence-electron chi connectivity index (χ1n) is 8.33. The van der Waals surface area contributed by atoms with Gasteiger partial charge in [0, 0.05) is 17.0 Å². The Bertz CT molecular complexity index is 732. The molecule has 2 aromatic rings. The van der Waals surface area contributed by atoms with Crippen molar-refractivity contribution >= 4 is 22.8 Å². The number of rotatable bonds is 7. The normalized spacial score (nSPS) is 12.2. The van der Waals surface area contributed by atoms with E-state index in [-0.39, 0.29) is 25.0 Å². The number of amides is 1. The number of aryl methyl sites for hydroxylation is 2. The van der Waals surface area contributed by atoms with Crippen LogP contribution in [0, 0.1) is 13.8 Å². The molecule has 24 heavy (non-hydrogen) atoms. The van der Waals surface area contributed by atoms with Gasteiger partial charge in [0.05, 0.1) is 12.7 Å². The van der Waals surface area contributed by atoms with Gasteiger partial charge in [-0.05, 0) is 50.5 Å². The first-order valence-corrected chi connectivity index (χ1v) is 8.33. The number of benzene rings is 1. The Labute approximate surface area is 142 Å². The van der Waals surface area contributed by atoms with Crippen molar-refractivity contribution in [2.45, 2.75) is 53.0 Å². The van der Waals surface area contributed by atoms with Gasteiger partial charge in [-0.3, -0.25) is 9.59 Å². The average molecular weight is 331 g/mol. The van der Waals surface area contributed by atoms with Crippen molar-refractivity contribution in [1.29, 1.82) is 0 Å². The van der Waals surface area contributed by atoms with E-state index in [1.807, 2.05) is 32.9 Å². The third-order valence-corrected chi connectivity index (χ3v) is 4.10. The van der Waals surface area contributed by atoms with Crippen molar-refractivity contribution in [1.82, 2.24) is 5.32 Å². The van der Waals surface area contributed by atoms with Gasteiger partial charge < -0.3 is 14.5 Å². The van der Waals surface area contributed by atoms with E-state index >= 15 is 0 Å². The number of nitrogens with one attached hydrogen (secondary N) is 1. The number of hydrogen-bond donors (Lipinski definition) is 1. The molecule has 1 aromatic heterocycles. The van der Waals surface area contributed by atoms with E-state index in [0.29, 0.717) is 0 Å². The summed E-state index contributed by atoms with van der Waals surface area (Å²) in [5.41, 5.74) is 3.82. The molecule has 1 N–H and O–H groups in total. The van der Waals surface area contributed by atoms with Gasteiger partial charge in [-0.15, -0.1) is 0 Å². The second-order valence-corrected chi connectivity index (χ2v) is 6.29. The van der Waals surface area contributed by atoms with E-state index in [4.69, 9.17) is 9.15 Å². The first kappa shape index (κ1) is 18.0. The zero-order valence-corrected chi connectivity index (χ0v) is 14.8. The highest BCUT2D eigenvalue weighted by molar-refractivity contribution is 5.87. The van der Waals surface area contributed by atoms with Crippen molar-refractivity contribution in [2.24, 2.45) is 0 Å². The van der Waals surface area contributed by atoms with E-state index < -0.39 is 5.97 Å². The van der Waals surface area contributed by atoms with Gasteiger partial charge in [-0.1, -0.05) is 13.3 Å². The maximum atomic E-state index is 12.0. The van der Waals surface area contributed by atoms with Crippen molar-refractivity contribution in [3.05, 3.63) is 35.1 Å². The maximum Gasteiger partial charge on any atom is 0.310 e. The summed E-state index contributed by atoms with van der Waals surface area (Å²) in [6, 6.07) is 4.06. The first-order chi connectivity index (χ1) is 11.4. The van der Waals surface area contributed by atoms with Crippen LogP contribution in [0.3, 0.4) is 0 Å². The Hall–Kier alpha value is -2.30. The molecule has 0 saturated heterocycles. The maximum absolute atomic E-state index is 12.0. The summed E-state index contributed by atoms with van der Waals surface area (Å²) in [6.07, 6.45) is 3.56. The van der Waals surface area contributed by atoms with Crippen LogP contribution in [0.15, 0.2) is 22.8 Å². The molecule has 1 amide bonds. The van der Waals surface area contributed by atoms with Crippen LogP contribution in [0.5, 0.6) is 0 Å². The molecule has 0 aliphatic carbocycles. The van der Waals surface area contributed by atoms with E-state index in [1.54, 1.807) is 6.26 Å². The van der Waals surface area contributed by atoms with Gasteiger partial charge in [0.25, 0.3) is 5.91 Å². The van der Waals surface area contributed by atoms with Crippen LogP contribution in [-0.2, 0) is 20.7 Å². The van der Waals surface area contributed by atoms with E-state index in [0.717, 1.165) is 40.5 Å². The SMILES string of the molecule is CCC[C@H](C)NC(=O)COC(=O)Cc1coc2cc(C)c(C)cc12. The largest absolute Gasteiger partial charge is 0.464 e. The summed E-state index contributed by atoms with van der Waals surface area (Å²) < 4.78 is 10.6. The van der Waals surface area contributed by atoms with Crippen LogP contribution < -0.4 is 5.32 Å². The molecule has 0 radical (unpaired) electrons. The van der Waals surface area contributed by atoms with Crippen molar-refractivity contribution in [3.63, 3.8) is 0 Å². The fourth-order valence-corrected chi connectivity index (χ4v) is 2.65. The number of furan rings is 1. The molecule has 5 heteroatoms. The summed E-state index contributed by atoms with van der Waals surface area (Å²) in [5, 5.41) is 3.72. The Morgan fingerprint density at radius 1 is 1.25 bits per heavy atom. The topological polar surface area (TPSA) is 68.5 Å². The Morgan fingerprint density at radius 2 is 1.96 bits per heavy atom. The van der Waals surface area contributed by atoms with E-state index in [1.165, 1.54) is 0 Å². The number of hydrogen-bond acceptors (Lipinski definition) is 4. The lowest BCUT2D eigenvalue weighted by atomic mass is 10.0. The second-order valence-electron chi connectivity index (χ2n) is 6.29. The quantitative estimate of drug-likeness (QED) is 0.789. The molecular weight excluding hydrogens is 306 g/mol. The van der Waals surface area contributed by atoms with Gasteiger partial charge in [-0.25, -0.2) is 0 Å². The number of ether oxygens (including phenoxy) is 1. The molecule has 0 saturated carbocycles. The van der Waals surface area contributed by atoms with Crippen LogP contribution in [0.2, 0.25) is 0 Å². The molecule has 0 unspecified atom stereocenters. The molecule has 1 atom stereocenters. The van der Waals surface area contributed by atoms with E-state index in [2.05, 4.69) is 12.2 Å². The highest BCUT2D eigenvalue weighted by Gasteiger charge is 2.14. The molecule has 1 aromatic carbocycles. The molecule has 5 nitrogen and oxygen atoms in total. The summed E-state index contributed by atoms with van der Waals surface area (Å²) in [4.78, 5) is 23.7. The highest BCUT2D eigenvalue weighted by Crippen LogP contribution is 2.25. The zero-order chi connectivity index (χ0) is 17.7. The minimum absolute atomic E-state index is 0.0882. The molecule has 0 fully saturated rings. The molecule has 2 rings (SSSR count). The molecule has 0 bridgehead atoms. The summed E-state index contributed by atoms with van der Waals surface area (Å²) >= 11 is 0. The molecular formula is C19H25NO4. The third-order valence-electron chi connectivity index (χ3n) is 4.10. The summed E-state index contributed by atoms with van der Waals surface area (Å²) in [5.74, 6) is -0.706. The predicted octanol–water partition coefficient (Wildman–Crippen LogP) is 3.44. The lowest BCUT2D eigenvalue weighted by Gasteiger charge is -2.12. The van der Waals surface area contributed by atoms with Crippen LogP contribution >= 0.6 is 0 Å². The van der Waals surface area contributed by atoms with E-state index in [9.17, 15) is 9.59 Å². The summed E-state index contributed by atoms with van der Waals surface area (Å²) in [6.45, 7) is 7.78. The molecule has 130 valence electrons. The Balaban J connectivity index is 1.91. The van der Waals surface area contributed by atoms with Crippen LogP contribution in [-0.4, -0.2) is 24.5 Å². The molecule has 1 heterocycles. The fourth-order valence-electron chi connectivity index (χ4n) is 2.65. The highest BCUT2D eigenvalue weighted by atomic mass is 16.5. The van der Waals surface area contributed by atoms with Crippen LogP contribution in [0.4, 0.5) is 0 Å². The minimum Gasteiger partial charge on any atom is -0.464 e. The third kappa shape index (κ3) is 4.60. The zero-order valence-electron chi connectivity index (χ0n) is 14.8. The number of esters is 1. The smallest absolute Gasteiger partial charge is 0.310 e. The summed E-state index contributed by atoms with van der Waals surface area (Å²) in [7, 11) is 0. The number of carbonyl (C=O) groups excluding carboxylic acids is 2. The standard InChI is InChI=1S/C19H25NO4/c1-5-6-14(4)20-18(21)11-24-19(22)9-15-10-23-17-8-13(3)12(2)7-16(15)17/h7-8,10,14H,5-6,9,11H2,1-4H3,(H,20,21)/t14-/m0/s1. The van der Waals surface area contributed by atoms with Crippen molar-refractivity contribution in [3.8, 4) is 0 Å². The molecule has 0 aliphatic rings. The lowest BCUT2D eigenvalue weighted by Crippen LogP contribution is -2.35. The van der Waals surface area contributed by atoms with Gasteiger partial charge in [-0.2, -0.15) is 0 Å². The van der Waals surface area contributed by atoms with Gasteiger partial charge in [0.2, 0.25) is 0 Å². The minimum atomic E-state index is -0.436. The Kier molecular flexibility index (Phi) is 6.01. The van der Waals surface area contributed by atoms with Gasteiger partial charge in [0.1, 0.15) is 5.58 Å². The average Bonchev–Trinajstić information content (AvgIpc) is 2.88. The van der Waals surface area contributed by atoms with Crippen LogP contribution in [0.25, 0.3) is 11.0 Å². The lowest BCUT2D eigenvalue weighted by molar-refractivity contribution is -0.148. The monoisotopic (exact) mass is 331 g/mol. The predicted molar refractivity (Wildman–Crippen MR) is 92.9 cm³/mol. The molecule has 0 spiro atoms. The molecule has 0 aliphatic heterocycles. The Morgan fingerprint density at radius 3 is 2.67 bits per heavy atom. The fraction of sp³-hybridized carbons (Fsp3) is 0.474.